The Bertz CT molecular complexity index is 499. The van der Waals surface area contributed by atoms with E-state index in [2.05, 4.69) is 16.4 Å². The van der Waals surface area contributed by atoms with Crippen molar-refractivity contribution in [2.75, 3.05) is 6.54 Å². The van der Waals surface area contributed by atoms with Crippen molar-refractivity contribution in [3.8, 4) is 0 Å². The Morgan fingerprint density at radius 1 is 1.47 bits per heavy atom. The molecule has 88 valence electrons. The van der Waals surface area contributed by atoms with Gasteiger partial charge in [-0.3, -0.25) is 9.78 Å². The van der Waals surface area contributed by atoms with Crippen LogP contribution < -0.4 is 5.32 Å². The molecule has 2 aromatic heterocycles. The first-order chi connectivity index (χ1) is 8.25. The van der Waals surface area contributed by atoms with Gasteiger partial charge in [0.15, 0.2) is 0 Å². The summed E-state index contributed by atoms with van der Waals surface area (Å²) in [6, 6.07) is 7.25. The van der Waals surface area contributed by atoms with Crippen LogP contribution in [-0.4, -0.2) is 17.4 Å². The molecule has 0 spiro atoms. The van der Waals surface area contributed by atoms with E-state index in [-0.39, 0.29) is 5.91 Å². The molecule has 0 fully saturated rings. The van der Waals surface area contributed by atoms with Gasteiger partial charge in [-0.25, -0.2) is 0 Å². The van der Waals surface area contributed by atoms with E-state index in [1.54, 1.807) is 23.5 Å². The molecule has 0 unspecified atom stereocenters. The van der Waals surface area contributed by atoms with Crippen LogP contribution in [0.3, 0.4) is 0 Å². The van der Waals surface area contributed by atoms with E-state index in [1.165, 1.54) is 11.1 Å². The number of hydrogen-bond acceptors (Lipinski definition) is 3. The van der Waals surface area contributed by atoms with E-state index in [1.807, 2.05) is 11.4 Å². The molecule has 0 bridgehead atoms. The molecule has 3 nitrogen and oxygen atoms in total. The monoisotopic (exact) mass is 266 g/mol. The number of carbonyl (C=O) groups excluding carboxylic acids is 1. The van der Waals surface area contributed by atoms with Gasteiger partial charge in [0.25, 0.3) is 5.91 Å². The third-order valence-corrected chi connectivity index (χ3v) is 3.36. The quantitative estimate of drug-likeness (QED) is 0.925. The zero-order valence-electron chi connectivity index (χ0n) is 9.02. The van der Waals surface area contributed by atoms with Gasteiger partial charge in [0, 0.05) is 22.6 Å². The van der Waals surface area contributed by atoms with Crippen LogP contribution in [0, 0.1) is 0 Å². The van der Waals surface area contributed by atoms with Gasteiger partial charge in [0.05, 0.1) is 0 Å². The molecule has 2 heterocycles. The first kappa shape index (κ1) is 12.1. The molecule has 0 aliphatic heterocycles. The molecule has 1 N–H and O–H groups in total. The van der Waals surface area contributed by atoms with E-state index in [4.69, 9.17) is 11.6 Å². The largest absolute Gasteiger partial charge is 0.350 e. The van der Waals surface area contributed by atoms with Gasteiger partial charge >= 0.3 is 0 Å². The lowest BCUT2D eigenvalue weighted by atomic mass is 10.3. The summed E-state index contributed by atoms with van der Waals surface area (Å²) in [7, 11) is 0. The highest BCUT2D eigenvalue weighted by molar-refractivity contribution is 7.09. The number of hydrogen-bond donors (Lipinski definition) is 1. The maximum absolute atomic E-state index is 11.7. The van der Waals surface area contributed by atoms with E-state index < -0.39 is 0 Å². The second kappa shape index (κ2) is 5.80. The highest BCUT2D eigenvalue weighted by atomic mass is 35.5. The van der Waals surface area contributed by atoms with Crippen molar-refractivity contribution in [2.45, 2.75) is 6.42 Å². The fourth-order valence-electron chi connectivity index (χ4n) is 1.37. The first-order valence-electron chi connectivity index (χ1n) is 5.18. The predicted octanol–water partition coefficient (Wildman–Crippen LogP) is 2.77. The van der Waals surface area contributed by atoms with Gasteiger partial charge in [0.2, 0.25) is 0 Å². The Morgan fingerprint density at radius 2 is 2.35 bits per heavy atom. The minimum absolute atomic E-state index is 0.191. The van der Waals surface area contributed by atoms with Gasteiger partial charge < -0.3 is 5.32 Å². The molecule has 0 aromatic carbocycles. The van der Waals surface area contributed by atoms with Crippen LogP contribution in [0.5, 0.6) is 0 Å². The molecule has 1 amide bonds. The molecule has 0 saturated carbocycles. The molecule has 2 aromatic rings. The van der Waals surface area contributed by atoms with Crippen molar-refractivity contribution in [2.24, 2.45) is 0 Å². The van der Waals surface area contributed by atoms with Crippen molar-refractivity contribution in [3.05, 3.63) is 51.4 Å². The Labute approximate surface area is 108 Å². The van der Waals surface area contributed by atoms with E-state index >= 15 is 0 Å². The number of carbonyl (C=O) groups is 1. The molecule has 0 aliphatic carbocycles. The summed E-state index contributed by atoms with van der Waals surface area (Å²) in [4.78, 5) is 16.9. The third-order valence-electron chi connectivity index (χ3n) is 2.19. The summed E-state index contributed by atoms with van der Waals surface area (Å²) in [5, 5.41) is 5.35. The molecule has 0 atom stereocenters. The van der Waals surface area contributed by atoms with Gasteiger partial charge in [0.1, 0.15) is 5.69 Å². The van der Waals surface area contributed by atoms with Crippen molar-refractivity contribution in [3.63, 3.8) is 0 Å². The lowest BCUT2D eigenvalue weighted by Crippen LogP contribution is -2.26. The van der Waals surface area contributed by atoms with Crippen molar-refractivity contribution < 1.29 is 4.79 Å². The Balaban J connectivity index is 1.85. The molecule has 0 radical (unpaired) electrons. The number of nitrogens with zero attached hydrogens (tertiary/aromatic N) is 1. The normalized spacial score (nSPS) is 10.2. The van der Waals surface area contributed by atoms with E-state index in [0.717, 1.165) is 6.42 Å². The number of amides is 1. The Morgan fingerprint density at radius 3 is 3.06 bits per heavy atom. The Kier molecular flexibility index (Phi) is 4.12. The van der Waals surface area contributed by atoms with Crippen LogP contribution in [0.25, 0.3) is 0 Å². The van der Waals surface area contributed by atoms with Gasteiger partial charge in [-0.1, -0.05) is 17.7 Å². The minimum atomic E-state index is -0.191. The number of pyridine rings is 1. The summed E-state index contributed by atoms with van der Waals surface area (Å²) in [5.74, 6) is -0.191. The second-order valence-corrected chi connectivity index (χ2v) is 4.91. The third kappa shape index (κ3) is 3.54. The SMILES string of the molecule is O=C(NCCc1cccs1)c1cc(Cl)ccn1. The van der Waals surface area contributed by atoms with Crippen LogP contribution in [0.1, 0.15) is 15.4 Å². The van der Waals surface area contributed by atoms with Crippen molar-refractivity contribution >= 4 is 28.8 Å². The zero-order valence-corrected chi connectivity index (χ0v) is 10.6. The maximum Gasteiger partial charge on any atom is 0.269 e. The zero-order chi connectivity index (χ0) is 12.1. The first-order valence-corrected chi connectivity index (χ1v) is 6.43. The molecular formula is C12H11ClN2OS. The lowest BCUT2D eigenvalue weighted by Gasteiger charge is -2.03. The molecule has 0 aliphatic rings. The van der Waals surface area contributed by atoms with Gasteiger partial charge in [-0.2, -0.15) is 0 Å². The molecule has 17 heavy (non-hydrogen) atoms. The van der Waals surface area contributed by atoms with Gasteiger partial charge in [-0.15, -0.1) is 11.3 Å². The summed E-state index contributed by atoms with van der Waals surface area (Å²) in [6.45, 7) is 0.605. The van der Waals surface area contributed by atoms with E-state index in [9.17, 15) is 4.79 Å². The van der Waals surface area contributed by atoms with Gasteiger partial charge in [-0.05, 0) is 30.0 Å². The molecule has 5 heteroatoms. The van der Waals surface area contributed by atoms with Crippen LogP contribution >= 0.6 is 22.9 Å². The summed E-state index contributed by atoms with van der Waals surface area (Å²) in [6.07, 6.45) is 2.36. The molecule has 0 saturated heterocycles. The van der Waals surface area contributed by atoms with Crippen molar-refractivity contribution in [1.82, 2.24) is 10.3 Å². The fourth-order valence-corrected chi connectivity index (χ4v) is 2.24. The predicted molar refractivity (Wildman–Crippen MR) is 69.6 cm³/mol. The summed E-state index contributed by atoms with van der Waals surface area (Å²) >= 11 is 7.47. The fraction of sp³-hybridized carbons (Fsp3) is 0.167. The average molecular weight is 267 g/mol. The number of aromatic nitrogens is 1. The number of halogens is 1. The number of nitrogens with one attached hydrogen (secondary N) is 1. The second-order valence-electron chi connectivity index (χ2n) is 3.44. The number of rotatable bonds is 4. The minimum Gasteiger partial charge on any atom is -0.350 e. The summed E-state index contributed by atoms with van der Waals surface area (Å²) < 4.78 is 0. The van der Waals surface area contributed by atoms with E-state index in [0.29, 0.717) is 17.3 Å². The maximum atomic E-state index is 11.7. The Hall–Kier alpha value is -1.39. The average Bonchev–Trinajstić information content (AvgIpc) is 2.82. The van der Waals surface area contributed by atoms with Crippen LogP contribution in [0.15, 0.2) is 35.8 Å². The van der Waals surface area contributed by atoms with Crippen LogP contribution in [0.2, 0.25) is 5.02 Å². The molecular weight excluding hydrogens is 256 g/mol. The lowest BCUT2D eigenvalue weighted by molar-refractivity contribution is 0.0949. The highest BCUT2D eigenvalue weighted by Crippen LogP contribution is 2.09. The number of thiophene rings is 1. The van der Waals surface area contributed by atoms with Crippen LogP contribution in [-0.2, 0) is 6.42 Å². The standard InChI is InChI=1S/C12H11ClN2OS/c13-9-3-5-14-11(8-9)12(16)15-6-4-10-2-1-7-17-10/h1-3,5,7-8H,4,6H2,(H,15,16). The van der Waals surface area contributed by atoms with Crippen molar-refractivity contribution in [1.29, 1.82) is 0 Å². The summed E-state index contributed by atoms with van der Waals surface area (Å²) in [5.41, 5.74) is 0.351. The highest BCUT2D eigenvalue weighted by Gasteiger charge is 2.06. The molecule has 2 rings (SSSR count). The topological polar surface area (TPSA) is 42.0 Å². The van der Waals surface area contributed by atoms with Crippen LogP contribution in [0.4, 0.5) is 0 Å². The smallest absolute Gasteiger partial charge is 0.269 e.